The lowest BCUT2D eigenvalue weighted by atomic mass is 10.4. The molecule has 11 heavy (non-hydrogen) atoms. The van der Waals surface area contributed by atoms with Crippen molar-refractivity contribution in [2.45, 2.75) is 26.6 Å². The van der Waals surface area contributed by atoms with Crippen molar-refractivity contribution < 1.29 is 0 Å². The lowest BCUT2D eigenvalue weighted by molar-refractivity contribution is 0.185. The molecule has 0 bridgehead atoms. The van der Waals surface area contributed by atoms with Gasteiger partial charge in [0.15, 0.2) is 0 Å². The predicted octanol–water partition coefficient (Wildman–Crippen LogP) is 0.441. The van der Waals surface area contributed by atoms with Gasteiger partial charge in [-0.05, 0) is 33.6 Å². The van der Waals surface area contributed by atoms with Crippen molar-refractivity contribution in [3.05, 3.63) is 0 Å². The minimum Gasteiger partial charge on any atom is -0.293 e. The largest absolute Gasteiger partial charge is 0.293 e. The van der Waals surface area contributed by atoms with Crippen molar-refractivity contribution in [2.24, 2.45) is 0 Å². The summed E-state index contributed by atoms with van der Waals surface area (Å²) in [4.78, 5) is 2.23. The van der Waals surface area contributed by atoms with Crippen LogP contribution in [0.25, 0.3) is 0 Å². The summed E-state index contributed by atoms with van der Waals surface area (Å²) in [5, 5.41) is 6.59. The van der Waals surface area contributed by atoms with Crippen LogP contribution in [0.4, 0.5) is 0 Å². The van der Waals surface area contributed by atoms with Crippen LogP contribution in [0.1, 0.15) is 20.3 Å². The monoisotopic (exact) mass is 159 g/mol. The molecule has 0 aliphatic carbocycles. The molecule has 1 atom stereocenters. The van der Waals surface area contributed by atoms with Crippen LogP contribution in [0.3, 0.4) is 0 Å². The van der Waals surface area contributed by atoms with Crippen LogP contribution in [0.15, 0.2) is 0 Å². The van der Waals surface area contributed by atoms with Gasteiger partial charge in [-0.25, -0.2) is 0 Å². The molecule has 0 fully saturated rings. The van der Waals surface area contributed by atoms with E-state index in [1.807, 2.05) is 7.05 Å². The van der Waals surface area contributed by atoms with Gasteiger partial charge in [0, 0.05) is 0 Å². The van der Waals surface area contributed by atoms with Crippen LogP contribution < -0.4 is 10.6 Å². The first-order valence-corrected chi connectivity index (χ1v) is 4.37. The molecule has 0 aromatic rings. The average Bonchev–Trinajstić information content (AvgIpc) is 2.05. The maximum Gasteiger partial charge on any atom is 0.113 e. The van der Waals surface area contributed by atoms with Crippen LogP contribution >= 0.6 is 0 Å². The van der Waals surface area contributed by atoms with Crippen LogP contribution in [0.2, 0.25) is 0 Å². The molecule has 3 heteroatoms. The third-order valence-corrected chi connectivity index (χ3v) is 1.80. The summed E-state index contributed by atoms with van der Waals surface area (Å²) in [6.45, 7) is 6.45. The van der Waals surface area contributed by atoms with Gasteiger partial charge in [0.05, 0.1) is 0 Å². The van der Waals surface area contributed by atoms with E-state index in [-0.39, 0.29) is 0 Å². The standard InChI is InChI=1S/C8H21N3/c1-5-7-10-8(9-3)11(4)6-2/h8-10H,5-7H2,1-4H3. The highest BCUT2D eigenvalue weighted by atomic mass is 15.4. The first-order chi connectivity index (χ1) is 5.26. The molecule has 1 unspecified atom stereocenters. The Balaban J connectivity index is 3.56. The Morgan fingerprint density at radius 1 is 1.36 bits per heavy atom. The van der Waals surface area contributed by atoms with Gasteiger partial charge in [-0.2, -0.15) is 0 Å². The van der Waals surface area contributed by atoms with Crippen molar-refractivity contribution in [3.63, 3.8) is 0 Å². The molecule has 0 aromatic heterocycles. The quantitative estimate of drug-likeness (QED) is 0.551. The minimum absolute atomic E-state index is 0.319. The molecule has 0 saturated carbocycles. The van der Waals surface area contributed by atoms with E-state index in [1.165, 1.54) is 6.42 Å². The topological polar surface area (TPSA) is 27.3 Å². The fraction of sp³-hybridized carbons (Fsp3) is 1.00. The van der Waals surface area contributed by atoms with E-state index in [1.54, 1.807) is 0 Å². The summed E-state index contributed by atoms with van der Waals surface area (Å²) in [5.74, 6) is 0. The average molecular weight is 159 g/mol. The van der Waals surface area contributed by atoms with Gasteiger partial charge in [-0.3, -0.25) is 15.5 Å². The second-order valence-corrected chi connectivity index (χ2v) is 2.72. The molecule has 0 rings (SSSR count). The smallest absolute Gasteiger partial charge is 0.113 e. The maximum absolute atomic E-state index is 3.38. The normalized spacial score (nSPS) is 13.9. The Morgan fingerprint density at radius 3 is 2.36 bits per heavy atom. The zero-order valence-corrected chi connectivity index (χ0v) is 8.15. The third kappa shape index (κ3) is 4.35. The van der Waals surface area contributed by atoms with Crippen molar-refractivity contribution in [1.82, 2.24) is 15.5 Å². The van der Waals surface area contributed by atoms with E-state index >= 15 is 0 Å². The van der Waals surface area contributed by atoms with Crippen molar-refractivity contribution in [3.8, 4) is 0 Å². The fourth-order valence-corrected chi connectivity index (χ4v) is 0.942. The van der Waals surface area contributed by atoms with Crippen molar-refractivity contribution in [2.75, 3.05) is 27.2 Å². The van der Waals surface area contributed by atoms with Gasteiger partial charge < -0.3 is 0 Å². The molecular formula is C8H21N3. The van der Waals surface area contributed by atoms with Gasteiger partial charge >= 0.3 is 0 Å². The molecular weight excluding hydrogens is 138 g/mol. The van der Waals surface area contributed by atoms with Crippen LogP contribution in [0.5, 0.6) is 0 Å². The number of hydrogen-bond acceptors (Lipinski definition) is 3. The molecule has 0 spiro atoms. The zero-order chi connectivity index (χ0) is 8.69. The molecule has 2 N–H and O–H groups in total. The van der Waals surface area contributed by atoms with Crippen LogP contribution in [-0.4, -0.2) is 38.4 Å². The molecule has 0 saturated heterocycles. The Kier molecular flexibility index (Phi) is 6.51. The second kappa shape index (κ2) is 6.58. The van der Waals surface area contributed by atoms with E-state index in [2.05, 4.69) is 36.4 Å². The molecule has 0 amide bonds. The highest BCUT2D eigenvalue weighted by Gasteiger charge is 2.07. The lowest BCUT2D eigenvalue weighted by Gasteiger charge is -2.27. The Labute approximate surface area is 70.2 Å². The summed E-state index contributed by atoms with van der Waals surface area (Å²) < 4.78 is 0. The Bertz CT molecular complexity index is 85.4. The highest BCUT2D eigenvalue weighted by Crippen LogP contribution is 1.86. The third-order valence-electron chi connectivity index (χ3n) is 1.80. The summed E-state index contributed by atoms with van der Waals surface area (Å²) in [6, 6.07) is 0. The van der Waals surface area contributed by atoms with E-state index in [0.29, 0.717) is 6.29 Å². The maximum atomic E-state index is 3.38. The summed E-state index contributed by atoms with van der Waals surface area (Å²) in [5.41, 5.74) is 0. The first-order valence-electron chi connectivity index (χ1n) is 4.37. The predicted molar refractivity (Wildman–Crippen MR) is 49.4 cm³/mol. The van der Waals surface area contributed by atoms with E-state index in [0.717, 1.165) is 13.1 Å². The van der Waals surface area contributed by atoms with Gasteiger partial charge in [0.25, 0.3) is 0 Å². The van der Waals surface area contributed by atoms with Gasteiger partial charge in [0.1, 0.15) is 6.29 Å². The Morgan fingerprint density at radius 2 is 2.00 bits per heavy atom. The van der Waals surface area contributed by atoms with Crippen molar-refractivity contribution >= 4 is 0 Å². The highest BCUT2D eigenvalue weighted by molar-refractivity contribution is 4.59. The summed E-state index contributed by atoms with van der Waals surface area (Å²) in [7, 11) is 4.07. The van der Waals surface area contributed by atoms with Gasteiger partial charge in [0.2, 0.25) is 0 Å². The number of nitrogens with one attached hydrogen (secondary N) is 2. The lowest BCUT2D eigenvalue weighted by Crippen LogP contribution is -2.52. The van der Waals surface area contributed by atoms with Crippen LogP contribution in [-0.2, 0) is 0 Å². The van der Waals surface area contributed by atoms with E-state index in [9.17, 15) is 0 Å². The summed E-state index contributed by atoms with van der Waals surface area (Å²) in [6.07, 6.45) is 1.50. The molecule has 0 radical (unpaired) electrons. The van der Waals surface area contributed by atoms with Crippen LogP contribution in [0, 0.1) is 0 Å². The molecule has 0 heterocycles. The number of nitrogens with zero attached hydrogens (tertiary/aromatic N) is 1. The molecule has 3 nitrogen and oxygen atoms in total. The zero-order valence-electron chi connectivity index (χ0n) is 8.15. The molecule has 68 valence electrons. The van der Waals surface area contributed by atoms with Gasteiger partial charge in [-0.1, -0.05) is 13.8 Å². The van der Waals surface area contributed by atoms with Gasteiger partial charge in [-0.15, -0.1) is 0 Å². The Hall–Kier alpha value is -0.120. The second-order valence-electron chi connectivity index (χ2n) is 2.72. The molecule has 0 aliphatic heterocycles. The SMILES string of the molecule is CCCNC(NC)N(C)CC. The van der Waals surface area contributed by atoms with E-state index in [4.69, 9.17) is 0 Å². The van der Waals surface area contributed by atoms with E-state index < -0.39 is 0 Å². The minimum atomic E-state index is 0.319. The first kappa shape index (κ1) is 10.9. The molecule has 0 aliphatic rings. The summed E-state index contributed by atoms with van der Waals surface area (Å²) >= 11 is 0. The number of rotatable bonds is 6. The molecule has 0 aromatic carbocycles. The fourth-order valence-electron chi connectivity index (χ4n) is 0.942. The number of hydrogen-bond donors (Lipinski definition) is 2. The van der Waals surface area contributed by atoms with Crippen molar-refractivity contribution in [1.29, 1.82) is 0 Å².